The van der Waals surface area contributed by atoms with Gasteiger partial charge in [-0.1, -0.05) is 0 Å². The Morgan fingerprint density at radius 1 is 0.216 bits per heavy atom. The molecule has 28 heteroatoms. The van der Waals surface area contributed by atoms with Gasteiger partial charge in [-0.25, -0.2) is 0 Å². The minimum absolute atomic E-state index is 0.167. The van der Waals surface area contributed by atoms with E-state index in [1.807, 2.05) is 0 Å². The van der Waals surface area contributed by atoms with Gasteiger partial charge in [-0.2, -0.15) is 105 Å². The summed E-state index contributed by atoms with van der Waals surface area (Å²) in [6.07, 6.45) is -43.1. The molecular weight excluding hydrogens is 1060 g/mol. The van der Waals surface area contributed by atoms with E-state index in [2.05, 4.69) is 0 Å². The van der Waals surface area contributed by atoms with Crippen molar-refractivity contribution in [1.29, 1.82) is 0 Å². The minimum Gasteiger partial charge on any atom is -0.298 e. The lowest BCUT2D eigenvalue weighted by molar-refractivity contribution is -0.144. The van der Waals surface area contributed by atoms with Crippen LogP contribution in [0.2, 0.25) is 0 Å². The summed E-state index contributed by atoms with van der Waals surface area (Å²) in [6.45, 7) is -6.15. The van der Waals surface area contributed by atoms with E-state index in [0.717, 1.165) is 0 Å². The summed E-state index contributed by atoms with van der Waals surface area (Å²) in [7, 11) is 0. The van der Waals surface area contributed by atoms with Gasteiger partial charge in [0.1, 0.15) is 0 Å². The van der Waals surface area contributed by atoms with E-state index in [9.17, 15) is 105 Å². The number of rotatable bonds is 8. The highest BCUT2D eigenvalue weighted by atomic mass is 19.4. The van der Waals surface area contributed by atoms with Crippen LogP contribution in [0.3, 0.4) is 0 Å². The first kappa shape index (κ1) is 59.9. The van der Waals surface area contributed by atoms with Crippen molar-refractivity contribution in [3.63, 3.8) is 0 Å². The third kappa shape index (κ3) is 17.6. The Kier molecular flexibility index (Phi) is 18.1. The predicted molar refractivity (Wildman–Crippen MR) is 216 cm³/mol. The number of nitrogens with zero attached hydrogens (tertiary/aromatic N) is 4. The third-order valence-corrected chi connectivity index (χ3v) is 11.6. The SMILES string of the molecule is FC(F)(F)c1cc(CN2CCCN(Cc3cc(C(F)(F)F)cc(C(F)(F)F)c3)CCN(Cc3cc(C(F)(F)F)cc(C(F)(F)F)c3)CCCN(Cc3cc(C(F)(F)F)cc(C(F)(F)F)c3)CC2)cc(C(F)(F)F)c1. The first-order valence-electron chi connectivity index (χ1n) is 21.7. The van der Waals surface area contributed by atoms with Crippen LogP contribution in [0.5, 0.6) is 0 Å². The van der Waals surface area contributed by atoms with Crippen molar-refractivity contribution in [1.82, 2.24) is 19.6 Å². The quantitative estimate of drug-likeness (QED) is 0.163. The smallest absolute Gasteiger partial charge is 0.298 e. The fourth-order valence-corrected chi connectivity index (χ4v) is 8.16. The molecule has 1 aliphatic heterocycles. The molecule has 0 atom stereocenters. The summed E-state index contributed by atoms with van der Waals surface area (Å²) in [5.74, 6) is 0. The van der Waals surface area contributed by atoms with E-state index in [-0.39, 0.29) is 63.3 Å². The molecule has 74 heavy (non-hydrogen) atoms. The van der Waals surface area contributed by atoms with Crippen LogP contribution in [0.25, 0.3) is 0 Å². The Labute approximate surface area is 405 Å². The van der Waals surface area contributed by atoms with Gasteiger partial charge in [0.2, 0.25) is 0 Å². The van der Waals surface area contributed by atoms with Gasteiger partial charge in [0, 0.05) is 52.4 Å². The van der Waals surface area contributed by atoms with Crippen molar-refractivity contribution < 1.29 is 105 Å². The van der Waals surface area contributed by atoms with E-state index < -0.39 is 169 Å². The van der Waals surface area contributed by atoms with Crippen LogP contribution in [0.15, 0.2) is 72.8 Å². The van der Waals surface area contributed by atoms with Gasteiger partial charge in [-0.3, -0.25) is 19.6 Å². The molecule has 0 aromatic heterocycles. The highest BCUT2D eigenvalue weighted by molar-refractivity contribution is 5.37. The fourth-order valence-electron chi connectivity index (χ4n) is 8.16. The topological polar surface area (TPSA) is 13.0 Å². The number of hydrogen-bond donors (Lipinski definition) is 0. The highest BCUT2D eigenvalue weighted by Gasteiger charge is 2.41. The van der Waals surface area contributed by atoms with Crippen LogP contribution < -0.4 is 0 Å². The second-order valence-electron chi connectivity index (χ2n) is 17.5. The molecule has 0 spiro atoms. The zero-order valence-corrected chi connectivity index (χ0v) is 37.7. The maximum absolute atomic E-state index is 13.9. The second kappa shape index (κ2) is 22.3. The molecule has 4 aromatic carbocycles. The lowest BCUT2D eigenvalue weighted by atomic mass is 10.0. The molecule has 0 amide bonds. The Morgan fingerprint density at radius 2 is 0.351 bits per heavy atom. The van der Waals surface area contributed by atoms with Gasteiger partial charge in [0.25, 0.3) is 0 Å². The molecule has 1 aliphatic rings. The van der Waals surface area contributed by atoms with Gasteiger partial charge in [-0.05, 0) is 134 Å². The van der Waals surface area contributed by atoms with E-state index in [1.54, 1.807) is 0 Å². The fraction of sp³-hybridized carbons (Fsp3) is 0.478. The Bertz CT molecular complexity index is 2040. The average Bonchev–Trinajstić information content (AvgIpc) is 3.23. The maximum atomic E-state index is 13.9. The van der Waals surface area contributed by atoms with E-state index in [4.69, 9.17) is 0 Å². The molecule has 4 nitrogen and oxygen atoms in total. The van der Waals surface area contributed by atoms with Crippen LogP contribution in [-0.4, -0.2) is 72.0 Å². The highest BCUT2D eigenvalue weighted by Crippen LogP contribution is 2.41. The van der Waals surface area contributed by atoms with Gasteiger partial charge in [-0.15, -0.1) is 0 Å². The predicted octanol–water partition coefficient (Wildman–Crippen LogP) is 14.9. The van der Waals surface area contributed by atoms with Gasteiger partial charge >= 0.3 is 49.4 Å². The van der Waals surface area contributed by atoms with Crippen LogP contribution in [0, 0.1) is 0 Å². The summed E-state index contributed by atoms with van der Waals surface area (Å²) in [6, 6.07) is 2.40. The minimum atomic E-state index is -5.32. The number of halogens is 24. The monoisotopic (exact) mass is 1100 g/mol. The number of alkyl halides is 24. The largest absolute Gasteiger partial charge is 0.416 e. The Hall–Kier alpha value is -4.96. The van der Waals surface area contributed by atoms with Gasteiger partial charge < -0.3 is 0 Å². The lowest BCUT2D eigenvalue weighted by Crippen LogP contribution is -2.40. The van der Waals surface area contributed by atoms with Crippen molar-refractivity contribution in [2.24, 2.45) is 0 Å². The van der Waals surface area contributed by atoms with E-state index >= 15 is 0 Å². The summed E-state index contributed by atoms with van der Waals surface area (Å²) < 4.78 is 333. The van der Waals surface area contributed by atoms with Crippen LogP contribution in [-0.2, 0) is 75.6 Å². The standard InChI is InChI=1S/C46H40F24N4/c47-39(48,49)31-11-27(12-32(19-31)40(50,51)52)23-71-3-1-4-72(24-28-13-33(41(53,54)55)20-34(14-28)42(56,57)58)8-10-74(26-30-17-37(45(65,66)67)22-38(18-30)46(68,69)70)6-2-5-73(9-7-71)25-29-15-35(43(59,60)61)21-36(16-29)44(62,63)64/h11-22H,1-10,23-26H2. The summed E-state index contributed by atoms with van der Waals surface area (Å²) in [4.78, 5) is 4.96. The van der Waals surface area contributed by atoms with Crippen LogP contribution in [0.4, 0.5) is 105 Å². The first-order chi connectivity index (χ1) is 33.6. The zero-order valence-electron chi connectivity index (χ0n) is 37.7. The lowest BCUT2D eigenvalue weighted by Gasteiger charge is -2.33. The molecule has 0 radical (unpaired) electrons. The van der Waals surface area contributed by atoms with Gasteiger partial charge in [0.15, 0.2) is 0 Å². The molecule has 5 rings (SSSR count). The Morgan fingerprint density at radius 3 is 0.473 bits per heavy atom. The maximum Gasteiger partial charge on any atom is 0.416 e. The molecule has 0 unspecified atom stereocenters. The Balaban J connectivity index is 1.60. The van der Waals surface area contributed by atoms with Crippen molar-refractivity contribution in [3.8, 4) is 0 Å². The zero-order chi connectivity index (χ0) is 55.6. The molecule has 412 valence electrons. The number of hydrogen-bond acceptors (Lipinski definition) is 4. The molecule has 0 bridgehead atoms. The normalized spacial score (nSPS) is 17.2. The third-order valence-electron chi connectivity index (χ3n) is 11.6. The van der Waals surface area contributed by atoms with Crippen molar-refractivity contribution in [3.05, 3.63) is 140 Å². The molecule has 4 aromatic rings. The summed E-state index contributed by atoms with van der Waals surface area (Å²) in [5.41, 5.74) is -16.2. The molecule has 0 N–H and O–H groups in total. The van der Waals surface area contributed by atoms with Crippen molar-refractivity contribution >= 4 is 0 Å². The summed E-state index contributed by atoms with van der Waals surface area (Å²) in [5, 5.41) is 0. The molecular formula is C46H40F24N4. The average molecular weight is 1100 g/mol. The molecule has 1 saturated heterocycles. The molecule has 0 aliphatic carbocycles. The van der Waals surface area contributed by atoms with Crippen molar-refractivity contribution in [2.75, 3.05) is 52.4 Å². The first-order valence-corrected chi connectivity index (χ1v) is 21.7. The van der Waals surface area contributed by atoms with Crippen LogP contribution >= 0.6 is 0 Å². The van der Waals surface area contributed by atoms with Gasteiger partial charge in [0.05, 0.1) is 44.5 Å². The second-order valence-corrected chi connectivity index (χ2v) is 17.5. The number of benzene rings is 4. The van der Waals surface area contributed by atoms with Crippen molar-refractivity contribution in [2.45, 2.75) is 88.4 Å². The van der Waals surface area contributed by atoms with Crippen LogP contribution in [0.1, 0.15) is 79.6 Å². The summed E-state index contributed by atoms with van der Waals surface area (Å²) >= 11 is 0. The molecule has 1 heterocycles. The van der Waals surface area contributed by atoms with E-state index in [1.165, 1.54) is 19.6 Å². The molecule has 0 saturated carbocycles. The molecule has 1 fully saturated rings. The van der Waals surface area contributed by atoms with E-state index in [0.29, 0.717) is 48.5 Å².